The number of hydrogen-bond donors (Lipinski definition) is 0. The maximum atomic E-state index is 13.3. The van der Waals surface area contributed by atoms with E-state index in [0.717, 1.165) is 0 Å². The molecular weight excluding hydrogens is 317 g/mol. The molecule has 0 saturated carbocycles. The average molecular weight is 333 g/mol. The van der Waals surface area contributed by atoms with E-state index in [2.05, 4.69) is 10.2 Å². The molecule has 7 nitrogen and oxygen atoms in total. The summed E-state index contributed by atoms with van der Waals surface area (Å²) < 4.78 is 30.0. The molecule has 1 fully saturated rings. The number of carbonyl (C=O) groups excluding carboxylic acids is 1. The molecule has 0 radical (unpaired) electrons. The van der Waals surface area contributed by atoms with Crippen LogP contribution in [0.2, 0.25) is 0 Å². The number of ether oxygens (including phenoxy) is 2. The Morgan fingerprint density at radius 3 is 3.04 bits per heavy atom. The molecule has 0 aliphatic carbocycles. The molecule has 0 unspecified atom stereocenters. The van der Waals surface area contributed by atoms with E-state index in [9.17, 15) is 9.18 Å². The second-order valence-electron chi connectivity index (χ2n) is 5.87. The standard InChI is InChI=1S/C16H16FN3O4/c1-9-18-19-15(23-9)14-8-20(4-5-22-14)16(21)13-7-10-6-11(17)2-3-12(10)24-13/h2-3,6,13-14H,4-5,7-8H2,1H3/t13-,14-/m1/s1. The Hall–Kier alpha value is -2.48. The summed E-state index contributed by atoms with van der Waals surface area (Å²) in [5.74, 6) is 0.906. The largest absolute Gasteiger partial charge is 0.480 e. The van der Waals surface area contributed by atoms with Crippen LogP contribution in [0.25, 0.3) is 0 Å². The summed E-state index contributed by atoms with van der Waals surface area (Å²) >= 11 is 0. The highest BCUT2D eigenvalue weighted by molar-refractivity contribution is 5.82. The number of benzene rings is 1. The zero-order chi connectivity index (χ0) is 16.7. The van der Waals surface area contributed by atoms with Gasteiger partial charge < -0.3 is 18.8 Å². The van der Waals surface area contributed by atoms with Crippen LogP contribution in [0.5, 0.6) is 5.75 Å². The van der Waals surface area contributed by atoms with E-state index in [1.165, 1.54) is 12.1 Å². The van der Waals surface area contributed by atoms with Gasteiger partial charge in [-0.3, -0.25) is 4.79 Å². The first kappa shape index (κ1) is 15.1. The number of hydrogen-bond acceptors (Lipinski definition) is 6. The van der Waals surface area contributed by atoms with E-state index in [1.807, 2.05) is 0 Å². The Bertz CT molecular complexity index is 778. The lowest BCUT2D eigenvalue weighted by Gasteiger charge is -2.32. The zero-order valence-electron chi connectivity index (χ0n) is 13.1. The Morgan fingerprint density at radius 1 is 1.38 bits per heavy atom. The lowest BCUT2D eigenvalue weighted by molar-refractivity contribution is -0.146. The van der Waals surface area contributed by atoms with Crippen LogP contribution in [-0.4, -0.2) is 46.8 Å². The Morgan fingerprint density at radius 2 is 2.25 bits per heavy atom. The van der Waals surface area contributed by atoms with Gasteiger partial charge in [0.2, 0.25) is 11.8 Å². The normalized spacial score (nSPS) is 23.0. The van der Waals surface area contributed by atoms with Gasteiger partial charge in [0.15, 0.2) is 12.2 Å². The van der Waals surface area contributed by atoms with Gasteiger partial charge in [-0.15, -0.1) is 10.2 Å². The molecule has 2 aliphatic rings. The number of amides is 1. The topological polar surface area (TPSA) is 77.7 Å². The summed E-state index contributed by atoms with van der Waals surface area (Å²) in [6, 6.07) is 4.29. The van der Waals surface area contributed by atoms with E-state index in [-0.39, 0.29) is 11.7 Å². The summed E-state index contributed by atoms with van der Waals surface area (Å²) in [4.78, 5) is 14.4. The molecule has 1 amide bonds. The van der Waals surface area contributed by atoms with E-state index in [4.69, 9.17) is 13.9 Å². The Labute approximate surface area is 137 Å². The third-order valence-electron chi connectivity index (χ3n) is 4.17. The van der Waals surface area contributed by atoms with Gasteiger partial charge in [-0.05, 0) is 18.2 Å². The number of fused-ring (bicyclic) bond motifs is 1. The Kier molecular flexibility index (Phi) is 3.68. The van der Waals surface area contributed by atoms with E-state index in [0.29, 0.717) is 49.2 Å². The monoisotopic (exact) mass is 333 g/mol. The van der Waals surface area contributed by atoms with Gasteiger partial charge in [-0.25, -0.2) is 4.39 Å². The highest BCUT2D eigenvalue weighted by Crippen LogP contribution is 2.31. The van der Waals surface area contributed by atoms with Crippen molar-refractivity contribution in [3.8, 4) is 5.75 Å². The van der Waals surface area contributed by atoms with Crippen molar-refractivity contribution in [1.29, 1.82) is 0 Å². The van der Waals surface area contributed by atoms with Gasteiger partial charge in [0.25, 0.3) is 5.91 Å². The minimum Gasteiger partial charge on any atom is -0.480 e. The molecule has 8 heteroatoms. The van der Waals surface area contributed by atoms with Crippen molar-refractivity contribution in [3.05, 3.63) is 41.4 Å². The lowest BCUT2D eigenvalue weighted by atomic mass is 10.1. The third-order valence-corrected chi connectivity index (χ3v) is 4.17. The molecule has 1 aromatic carbocycles. The fourth-order valence-corrected chi connectivity index (χ4v) is 3.00. The van der Waals surface area contributed by atoms with Crippen LogP contribution >= 0.6 is 0 Å². The number of carbonyl (C=O) groups is 1. The van der Waals surface area contributed by atoms with Crippen LogP contribution < -0.4 is 4.74 Å². The predicted molar refractivity (Wildman–Crippen MR) is 78.8 cm³/mol. The van der Waals surface area contributed by atoms with Crippen LogP contribution in [0.15, 0.2) is 22.6 Å². The van der Waals surface area contributed by atoms with Crippen LogP contribution in [0.1, 0.15) is 23.4 Å². The van der Waals surface area contributed by atoms with Crippen LogP contribution in [-0.2, 0) is 16.0 Å². The maximum absolute atomic E-state index is 13.3. The SMILES string of the molecule is Cc1nnc([C@H]2CN(C(=O)[C@H]3Cc4cc(F)ccc4O3)CCO2)o1. The molecule has 126 valence electrons. The number of rotatable bonds is 2. The number of morpholine rings is 1. The minimum absolute atomic E-state index is 0.142. The molecule has 3 heterocycles. The van der Waals surface area contributed by atoms with Crippen LogP contribution in [0.4, 0.5) is 4.39 Å². The van der Waals surface area contributed by atoms with Crippen molar-refractivity contribution in [3.63, 3.8) is 0 Å². The first-order valence-corrected chi connectivity index (χ1v) is 7.75. The van der Waals surface area contributed by atoms with Crippen molar-refractivity contribution in [1.82, 2.24) is 15.1 Å². The third kappa shape index (κ3) is 2.73. The maximum Gasteiger partial charge on any atom is 0.264 e. The summed E-state index contributed by atoms with van der Waals surface area (Å²) in [7, 11) is 0. The van der Waals surface area contributed by atoms with Crippen molar-refractivity contribution >= 4 is 5.91 Å². The molecule has 2 aliphatic heterocycles. The fraction of sp³-hybridized carbons (Fsp3) is 0.438. The molecule has 0 N–H and O–H groups in total. The molecular formula is C16H16FN3O4. The molecule has 1 saturated heterocycles. The number of nitrogens with zero attached hydrogens (tertiary/aromatic N) is 3. The number of halogens is 1. The highest BCUT2D eigenvalue weighted by Gasteiger charge is 2.36. The second kappa shape index (κ2) is 5.86. The van der Waals surface area contributed by atoms with Gasteiger partial charge in [0, 0.05) is 25.5 Å². The predicted octanol–water partition coefficient (Wildman–Crippen LogP) is 1.42. The van der Waals surface area contributed by atoms with Gasteiger partial charge in [-0.1, -0.05) is 0 Å². The van der Waals surface area contributed by atoms with Crippen molar-refractivity contribution < 1.29 is 23.1 Å². The lowest BCUT2D eigenvalue weighted by Crippen LogP contribution is -2.48. The molecule has 2 atom stereocenters. The van der Waals surface area contributed by atoms with Gasteiger partial charge in [-0.2, -0.15) is 0 Å². The average Bonchev–Trinajstić information content (AvgIpc) is 3.20. The summed E-state index contributed by atoms with van der Waals surface area (Å²) in [6.07, 6.45) is -0.705. The van der Waals surface area contributed by atoms with Crippen LogP contribution in [0, 0.1) is 12.7 Å². The van der Waals surface area contributed by atoms with Gasteiger partial charge in [0.05, 0.1) is 13.2 Å². The van der Waals surface area contributed by atoms with E-state index >= 15 is 0 Å². The Balaban J connectivity index is 1.45. The summed E-state index contributed by atoms with van der Waals surface area (Å²) in [5, 5.41) is 7.73. The smallest absolute Gasteiger partial charge is 0.264 e. The molecule has 24 heavy (non-hydrogen) atoms. The zero-order valence-corrected chi connectivity index (χ0v) is 13.1. The number of aryl methyl sites for hydroxylation is 1. The molecule has 2 aromatic rings. The van der Waals surface area contributed by atoms with E-state index in [1.54, 1.807) is 17.9 Å². The van der Waals surface area contributed by atoms with Crippen LogP contribution in [0.3, 0.4) is 0 Å². The van der Waals surface area contributed by atoms with E-state index < -0.39 is 12.2 Å². The molecule has 1 aromatic heterocycles. The van der Waals surface area contributed by atoms with Gasteiger partial charge >= 0.3 is 0 Å². The fourth-order valence-electron chi connectivity index (χ4n) is 3.00. The van der Waals surface area contributed by atoms with Crippen molar-refractivity contribution in [2.24, 2.45) is 0 Å². The van der Waals surface area contributed by atoms with Gasteiger partial charge in [0.1, 0.15) is 11.6 Å². The van der Waals surface area contributed by atoms with Crippen molar-refractivity contribution in [2.75, 3.05) is 19.7 Å². The molecule has 0 bridgehead atoms. The minimum atomic E-state index is -0.634. The first-order chi connectivity index (χ1) is 11.6. The second-order valence-corrected chi connectivity index (χ2v) is 5.87. The summed E-state index contributed by atoms with van der Waals surface area (Å²) in [5.41, 5.74) is 0.714. The quantitative estimate of drug-likeness (QED) is 0.827. The molecule has 4 rings (SSSR count). The summed E-state index contributed by atoms with van der Waals surface area (Å²) in [6.45, 7) is 2.87. The highest BCUT2D eigenvalue weighted by atomic mass is 19.1. The number of aromatic nitrogens is 2. The van der Waals surface area contributed by atoms with Crippen molar-refractivity contribution in [2.45, 2.75) is 25.6 Å². The molecule has 0 spiro atoms. The first-order valence-electron chi connectivity index (χ1n) is 7.75.